The first-order chi connectivity index (χ1) is 12.0. The van der Waals surface area contributed by atoms with Gasteiger partial charge in [-0.2, -0.15) is 0 Å². The topological polar surface area (TPSA) is 32.7 Å². The Morgan fingerprint density at radius 2 is 1.76 bits per heavy atom. The van der Waals surface area contributed by atoms with Crippen molar-refractivity contribution in [2.45, 2.75) is 54.5 Å². The summed E-state index contributed by atoms with van der Waals surface area (Å²) >= 11 is 1.72. The van der Waals surface area contributed by atoms with Crippen molar-refractivity contribution in [3.63, 3.8) is 0 Å². The van der Waals surface area contributed by atoms with Crippen molar-refractivity contribution in [1.29, 1.82) is 0 Å². The summed E-state index contributed by atoms with van der Waals surface area (Å²) in [5, 5.41) is 1.06. The van der Waals surface area contributed by atoms with Gasteiger partial charge in [0.1, 0.15) is 11.5 Å². The number of hydrogen-bond donors (Lipinski definition) is 0. The number of aliphatic imine (C=N–C) groups is 1. The first-order valence-corrected chi connectivity index (χ1v) is 9.82. The Morgan fingerprint density at radius 3 is 2.36 bits per heavy atom. The maximum atomic E-state index is 12.6. The highest BCUT2D eigenvalue weighted by atomic mass is 32.1. The van der Waals surface area contributed by atoms with E-state index in [1.165, 1.54) is 21.6 Å². The molecule has 3 rings (SSSR count). The van der Waals surface area contributed by atoms with Crippen molar-refractivity contribution < 1.29 is 4.79 Å². The Bertz CT molecular complexity index is 772. The van der Waals surface area contributed by atoms with Gasteiger partial charge in [-0.25, -0.2) is 0 Å². The van der Waals surface area contributed by atoms with Gasteiger partial charge in [0.2, 0.25) is 5.91 Å². The van der Waals surface area contributed by atoms with Crippen LogP contribution in [-0.4, -0.2) is 18.2 Å². The number of rotatable bonds is 3. The molecular weight excluding hydrogens is 328 g/mol. The van der Waals surface area contributed by atoms with Crippen LogP contribution in [0.5, 0.6) is 0 Å². The van der Waals surface area contributed by atoms with Crippen molar-refractivity contribution in [3.05, 3.63) is 51.4 Å². The summed E-state index contributed by atoms with van der Waals surface area (Å²) in [7, 11) is 0. The summed E-state index contributed by atoms with van der Waals surface area (Å²) in [6.45, 7) is 13.2. The van der Waals surface area contributed by atoms with Crippen LogP contribution in [0.1, 0.15) is 54.8 Å². The minimum Gasteiger partial charge on any atom is -0.297 e. The van der Waals surface area contributed by atoms with Gasteiger partial charge >= 0.3 is 0 Å². The van der Waals surface area contributed by atoms with E-state index in [0.717, 1.165) is 22.7 Å². The average molecular weight is 357 g/mol. The Hall–Kier alpha value is -1.94. The highest BCUT2D eigenvalue weighted by Gasteiger charge is 2.28. The molecule has 1 amide bonds. The minimum absolute atomic E-state index is 0.0765. The summed E-state index contributed by atoms with van der Waals surface area (Å²) in [5.74, 6) is 0.0765. The summed E-state index contributed by atoms with van der Waals surface area (Å²) in [4.78, 5) is 20.3. The van der Waals surface area contributed by atoms with Gasteiger partial charge in [-0.1, -0.05) is 50.6 Å². The lowest BCUT2D eigenvalue weighted by atomic mass is 10.0. The number of nitrogens with zero attached hydrogens (tertiary/aromatic N) is 2. The zero-order valence-corrected chi connectivity index (χ0v) is 17.0. The van der Waals surface area contributed by atoms with Gasteiger partial charge in [0.15, 0.2) is 0 Å². The lowest BCUT2D eigenvalue weighted by molar-refractivity contribution is -0.117. The van der Waals surface area contributed by atoms with E-state index in [1.54, 1.807) is 11.3 Å². The fourth-order valence-corrected chi connectivity index (χ4v) is 4.36. The lowest BCUT2D eigenvalue weighted by Crippen LogP contribution is -2.31. The van der Waals surface area contributed by atoms with Gasteiger partial charge in [0.05, 0.1) is 6.54 Å². The van der Waals surface area contributed by atoms with Crippen LogP contribution in [-0.2, 0) is 17.8 Å². The third-order valence-electron chi connectivity index (χ3n) is 4.36. The highest BCUT2D eigenvalue weighted by Crippen LogP contribution is 2.38. The molecule has 0 saturated heterocycles. The second-order valence-corrected chi connectivity index (χ2v) is 7.24. The zero-order chi connectivity index (χ0) is 18.6. The number of aryl methyl sites for hydroxylation is 2. The molecule has 0 bridgehead atoms. The molecule has 1 aliphatic rings. The monoisotopic (exact) mass is 356 g/mol. The second kappa shape index (κ2) is 8.43. The van der Waals surface area contributed by atoms with Crippen LogP contribution in [0.25, 0.3) is 0 Å². The van der Waals surface area contributed by atoms with Crippen molar-refractivity contribution in [3.8, 4) is 0 Å². The summed E-state index contributed by atoms with van der Waals surface area (Å²) < 4.78 is 0. The van der Waals surface area contributed by atoms with Gasteiger partial charge in [0, 0.05) is 16.2 Å². The van der Waals surface area contributed by atoms with Gasteiger partial charge in [-0.3, -0.25) is 14.7 Å². The number of carbonyl (C=O) groups excluding carboxylic acids is 1. The molecule has 0 fully saturated rings. The molecule has 4 heteroatoms. The van der Waals surface area contributed by atoms with E-state index in [-0.39, 0.29) is 12.5 Å². The molecule has 0 saturated carbocycles. The molecule has 0 N–H and O–H groups in total. The molecular formula is C21H28N2OS. The van der Waals surface area contributed by atoms with Gasteiger partial charge in [-0.15, -0.1) is 11.3 Å². The Morgan fingerprint density at radius 1 is 1.12 bits per heavy atom. The fourth-order valence-electron chi connectivity index (χ4n) is 3.05. The molecule has 0 unspecified atom stereocenters. The molecule has 0 atom stereocenters. The minimum atomic E-state index is 0.0765. The smallest absolute Gasteiger partial charge is 0.249 e. The largest absolute Gasteiger partial charge is 0.297 e. The normalized spacial score (nSPS) is 13.6. The van der Waals surface area contributed by atoms with Crippen LogP contribution in [0.2, 0.25) is 0 Å². The Labute approximate surface area is 155 Å². The fraction of sp³-hybridized carbons (Fsp3) is 0.429. The molecule has 134 valence electrons. The van der Waals surface area contributed by atoms with E-state index in [1.807, 2.05) is 25.7 Å². The van der Waals surface area contributed by atoms with Gasteiger partial charge in [-0.05, 0) is 38.3 Å². The van der Waals surface area contributed by atoms with Crippen molar-refractivity contribution in [1.82, 2.24) is 0 Å². The number of amides is 1. The van der Waals surface area contributed by atoms with Gasteiger partial charge < -0.3 is 0 Å². The van der Waals surface area contributed by atoms with E-state index in [0.29, 0.717) is 6.54 Å². The molecule has 1 aliphatic heterocycles. The van der Waals surface area contributed by atoms with E-state index in [9.17, 15) is 4.79 Å². The van der Waals surface area contributed by atoms with Crippen LogP contribution < -0.4 is 4.90 Å². The second-order valence-electron chi connectivity index (χ2n) is 6.04. The number of benzene rings is 1. The Balaban J connectivity index is 0.00000109. The summed E-state index contributed by atoms with van der Waals surface area (Å²) in [5.41, 5.74) is 5.87. The van der Waals surface area contributed by atoms with Crippen LogP contribution in [0.3, 0.4) is 0 Å². The third kappa shape index (κ3) is 4.01. The quantitative estimate of drug-likeness (QED) is 0.733. The molecule has 0 aliphatic carbocycles. The third-order valence-corrected chi connectivity index (χ3v) is 5.54. The molecule has 2 aromatic rings. The first-order valence-electron chi connectivity index (χ1n) is 9.00. The predicted octanol–water partition coefficient (Wildman–Crippen LogP) is 5.31. The molecule has 1 aromatic heterocycles. The number of hydrogen-bond acceptors (Lipinski definition) is 3. The maximum absolute atomic E-state index is 12.6. The summed E-state index contributed by atoms with van der Waals surface area (Å²) in [6.07, 6.45) is 0.969. The van der Waals surface area contributed by atoms with Crippen molar-refractivity contribution >= 4 is 28.0 Å². The first kappa shape index (κ1) is 19.4. The van der Waals surface area contributed by atoms with Crippen LogP contribution in [0.15, 0.2) is 29.3 Å². The maximum Gasteiger partial charge on any atom is 0.249 e. The average Bonchev–Trinajstić information content (AvgIpc) is 2.91. The highest BCUT2D eigenvalue weighted by molar-refractivity contribution is 7.17. The van der Waals surface area contributed by atoms with Crippen molar-refractivity contribution in [2.75, 3.05) is 11.4 Å². The molecule has 0 spiro atoms. The van der Waals surface area contributed by atoms with Crippen LogP contribution >= 0.6 is 11.3 Å². The Kier molecular flexibility index (Phi) is 6.54. The number of carbonyl (C=O) groups is 1. The SMILES string of the molecule is CC.CCc1c(C)sc2c1C(C)=NCC(=O)N2Cc1ccc(C)cc1. The van der Waals surface area contributed by atoms with E-state index >= 15 is 0 Å². The number of fused-ring (bicyclic) bond motifs is 1. The van der Waals surface area contributed by atoms with Crippen LogP contribution in [0, 0.1) is 13.8 Å². The molecule has 1 aromatic carbocycles. The van der Waals surface area contributed by atoms with E-state index in [2.05, 4.69) is 50.0 Å². The van der Waals surface area contributed by atoms with Crippen LogP contribution in [0.4, 0.5) is 5.00 Å². The van der Waals surface area contributed by atoms with E-state index in [4.69, 9.17) is 0 Å². The zero-order valence-electron chi connectivity index (χ0n) is 16.1. The molecule has 3 nitrogen and oxygen atoms in total. The molecule has 2 heterocycles. The van der Waals surface area contributed by atoms with E-state index < -0.39 is 0 Å². The van der Waals surface area contributed by atoms with Gasteiger partial charge in [0.25, 0.3) is 0 Å². The molecule has 0 radical (unpaired) electrons. The number of thiophene rings is 1. The standard InChI is InChI=1S/C19H22N2OS.C2H6/c1-5-16-14(4)23-19-18(16)13(3)20-10-17(22)21(19)11-15-8-6-12(2)7-9-15;1-2/h6-9H,5,10-11H2,1-4H3;1-2H3. The lowest BCUT2D eigenvalue weighted by Gasteiger charge is -2.20. The molecule has 25 heavy (non-hydrogen) atoms. The van der Waals surface area contributed by atoms with Crippen molar-refractivity contribution in [2.24, 2.45) is 4.99 Å². The summed E-state index contributed by atoms with van der Waals surface area (Å²) in [6, 6.07) is 8.39. The predicted molar refractivity (Wildman–Crippen MR) is 109 cm³/mol. The number of anilines is 1.